The zero-order valence-electron chi connectivity index (χ0n) is 11.4. The molecule has 1 aromatic rings. The molecule has 1 aliphatic carbocycles. The quantitative estimate of drug-likeness (QED) is 0.751. The molecule has 2 aliphatic rings. The van der Waals surface area contributed by atoms with Crippen LogP contribution in [-0.2, 0) is 4.79 Å². The molecule has 104 valence electrons. The zero-order valence-corrected chi connectivity index (χ0v) is 11.4. The van der Waals surface area contributed by atoms with Crippen molar-refractivity contribution < 1.29 is 9.90 Å². The van der Waals surface area contributed by atoms with E-state index in [0.29, 0.717) is 18.1 Å². The number of hydrogen-bond donors (Lipinski definition) is 3. The van der Waals surface area contributed by atoms with Crippen LogP contribution < -0.4 is 10.6 Å². The van der Waals surface area contributed by atoms with Gasteiger partial charge in [-0.25, -0.2) is 14.8 Å². The van der Waals surface area contributed by atoms with Gasteiger partial charge in [0.25, 0.3) is 0 Å². The molecule has 1 aliphatic heterocycles. The molecule has 0 bridgehead atoms. The lowest BCUT2D eigenvalue weighted by Gasteiger charge is -2.25. The van der Waals surface area contributed by atoms with E-state index in [-0.39, 0.29) is 0 Å². The first-order chi connectivity index (χ1) is 9.53. The molecule has 0 amide bonds. The first-order valence-corrected chi connectivity index (χ1v) is 6.57. The molecular weight excluding hydrogens is 256 g/mol. The third-order valence-corrected chi connectivity index (χ3v) is 3.78. The topological polar surface area (TPSA) is 87.1 Å². The van der Waals surface area contributed by atoms with Gasteiger partial charge in [-0.2, -0.15) is 0 Å². The van der Waals surface area contributed by atoms with Crippen molar-refractivity contribution >= 4 is 17.4 Å². The van der Waals surface area contributed by atoms with E-state index >= 15 is 0 Å². The maximum absolute atomic E-state index is 11.3. The van der Waals surface area contributed by atoms with Crippen molar-refractivity contribution in [3.8, 4) is 0 Å². The third kappa shape index (κ3) is 2.03. The Morgan fingerprint density at radius 1 is 1.60 bits per heavy atom. The molecule has 0 spiro atoms. The molecule has 1 aromatic heterocycles. The molecule has 2 heterocycles. The number of hydrogen-bond acceptors (Lipinski definition) is 5. The molecule has 0 aromatic carbocycles. The van der Waals surface area contributed by atoms with Gasteiger partial charge in [-0.1, -0.05) is 6.92 Å². The van der Waals surface area contributed by atoms with Gasteiger partial charge >= 0.3 is 5.97 Å². The van der Waals surface area contributed by atoms with Crippen molar-refractivity contribution in [3.63, 3.8) is 0 Å². The van der Waals surface area contributed by atoms with Crippen molar-refractivity contribution in [2.24, 2.45) is 0 Å². The summed E-state index contributed by atoms with van der Waals surface area (Å²) < 4.78 is 0. The van der Waals surface area contributed by atoms with Crippen LogP contribution in [0.2, 0.25) is 0 Å². The van der Waals surface area contributed by atoms with Crippen LogP contribution in [-0.4, -0.2) is 33.1 Å². The van der Waals surface area contributed by atoms with Crippen LogP contribution in [0.4, 0.5) is 5.82 Å². The van der Waals surface area contributed by atoms with Crippen LogP contribution in [0.3, 0.4) is 0 Å². The Kier molecular flexibility index (Phi) is 2.74. The second kappa shape index (κ2) is 4.33. The lowest BCUT2D eigenvalue weighted by molar-refractivity contribution is -0.141. The predicted octanol–water partition coefficient (Wildman–Crippen LogP) is 1.40. The van der Waals surface area contributed by atoms with Crippen molar-refractivity contribution in [1.29, 1.82) is 0 Å². The van der Waals surface area contributed by atoms with Crippen LogP contribution in [0.5, 0.6) is 0 Å². The van der Waals surface area contributed by atoms with Gasteiger partial charge in [-0.15, -0.1) is 0 Å². The molecule has 6 nitrogen and oxygen atoms in total. The number of fused-ring (bicyclic) bond motifs is 1. The summed E-state index contributed by atoms with van der Waals surface area (Å²) >= 11 is 0. The second-order valence-corrected chi connectivity index (χ2v) is 5.19. The number of aliphatic carboxylic acids is 1. The standard InChI is InChI=1S/C14H16N4O2/c1-3-14(2,13(19)20)18-11-4-5-15-12(17-11)9-7-16-10-6-8(9)10/h4-6,16H,3,7H2,1-2H3,(H,19,20)(H,15,17,18)/t14-/m1/s1. The largest absolute Gasteiger partial charge is 0.480 e. The van der Waals surface area contributed by atoms with Crippen LogP contribution in [0, 0.1) is 0 Å². The summed E-state index contributed by atoms with van der Waals surface area (Å²) in [4.78, 5) is 20.0. The number of dihydropyridines is 1. The number of nitrogens with one attached hydrogen (secondary N) is 2. The first kappa shape index (κ1) is 12.7. The van der Waals surface area contributed by atoms with E-state index in [4.69, 9.17) is 0 Å². The molecule has 0 unspecified atom stereocenters. The van der Waals surface area contributed by atoms with Crippen LogP contribution in [0.25, 0.3) is 5.57 Å². The van der Waals surface area contributed by atoms with Gasteiger partial charge in [0.15, 0.2) is 5.82 Å². The molecule has 3 N–H and O–H groups in total. The van der Waals surface area contributed by atoms with Gasteiger partial charge in [-0.3, -0.25) is 0 Å². The molecule has 3 rings (SSSR count). The highest BCUT2D eigenvalue weighted by atomic mass is 16.4. The Balaban J connectivity index is 1.85. The molecule has 0 radical (unpaired) electrons. The molecule has 0 fully saturated rings. The maximum Gasteiger partial charge on any atom is 0.329 e. The smallest absolute Gasteiger partial charge is 0.329 e. The van der Waals surface area contributed by atoms with Gasteiger partial charge in [0.2, 0.25) is 0 Å². The van der Waals surface area contributed by atoms with E-state index < -0.39 is 11.5 Å². The third-order valence-electron chi connectivity index (χ3n) is 3.78. The summed E-state index contributed by atoms with van der Waals surface area (Å²) in [6.07, 6.45) is 4.16. The SMILES string of the molecule is CC[C@@](C)(Nc1ccnc(C2=C3C=C3NC2)n1)C(=O)O. The zero-order chi connectivity index (χ0) is 14.3. The van der Waals surface area contributed by atoms with Gasteiger partial charge in [-0.05, 0) is 25.5 Å². The average Bonchev–Trinajstić information content (AvgIpc) is 3.09. The highest BCUT2D eigenvalue weighted by Gasteiger charge is 2.32. The highest BCUT2D eigenvalue weighted by Crippen LogP contribution is 2.37. The van der Waals surface area contributed by atoms with Crippen molar-refractivity contribution in [2.45, 2.75) is 25.8 Å². The summed E-state index contributed by atoms with van der Waals surface area (Å²) in [5.41, 5.74) is 2.38. The van der Waals surface area contributed by atoms with E-state index in [1.54, 1.807) is 19.2 Å². The van der Waals surface area contributed by atoms with Crippen molar-refractivity contribution in [2.75, 3.05) is 11.9 Å². The Morgan fingerprint density at radius 3 is 2.95 bits per heavy atom. The van der Waals surface area contributed by atoms with Crippen LogP contribution in [0.15, 0.2) is 29.6 Å². The number of allylic oxidation sites excluding steroid dienone is 2. The highest BCUT2D eigenvalue weighted by molar-refractivity contribution is 5.85. The molecule has 1 atom stereocenters. The molecular formula is C14H16N4O2. The maximum atomic E-state index is 11.3. The molecule has 0 saturated carbocycles. The number of carboxylic acids is 1. The Bertz CT molecular complexity index is 650. The fraction of sp³-hybridized carbons (Fsp3) is 0.357. The van der Waals surface area contributed by atoms with E-state index in [0.717, 1.165) is 17.8 Å². The summed E-state index contributed by atoms with van der Waals surface area (Å²) in [5.74, 6) is 0.282. The monoisotopic (exact) mass is 272 g/mol. The first-order valence-electron chi connectivity index (χ1n) is 6.57. The van der Waals surface area contributed by atoms with Crippen LogP contribution >= 0.6 is 0 Å². The number of carboxylic acid groups (broad SMARTS) is 1. The average molecular weight is 272 g/mol. The number of aromatic nitrogens is 2. The summed E-state index contributed by atoms with van der Waals surface area (Å²) in [6.45, 7) is 4.21. The van der Waals surface area contributed by atoms with Gasteiger partial charge < -0.3 is 15.7 Å². The summed E-state index contributed by atoms with van der Waals surface area (Å²) in [7, 11) is 0. The Hall–Kier alpha value is -2.37. The van der Waals surface area contributed by atoms with E-state index in [2.05, 4.69) is 26.7 Å². The van der Waals surface area contributed by atoms with Gasteiger partial charge in [0, 0.05) is 29.6 Å². The minimum atomic E-state index is -1.03. The second-order valence-electron chi connectivity index (χ2n) is 5.19. The molecule has 6 heteroatoms. The predicted molar refractivity (Wildman–Crippen MR) is 75.0 cm³/mol. The minimum absolute atomic E-state index is 0.461. The van der Waals surface area contributed by atoms with E-state index in [9.17, 15) is 9.90 Å². The van der Waals surface area contributed by atoms with Crippen LogP contribution in [0.1, 0.15) is 26.1 Å². The fourth-order valence-corrected chi connectivity index (χ4v) is 2.13. The molecule has 20 heavy (non-hydrogen) atoms. The minimum Gasteiger partial charge on any atom is -0.480 e. The normalized spacial score (nSPS) is 18.8. The summed E-state index contributed by atoms with van der Waals surface area (Å²) in [5, 5.41) is 15.5. The number of nitrogens with zero attached hydrogens (tertiary/aromatic N) is 2. The van der Waals surface area contributed by atoms with Gasteiger partial charge in [0.05, 0.1) is 0 Å². The fourth-order valence-electron chi connectivity index (χ4n) is 2.13. The van der Waals surface area contributed by atoms with Crippen molar-refractivity contribution in [3.05, 3.63) is 35.4 Å². The number of rotatable bonds is 5. The Morgan fingerprint density at radius 2 is 2.40 bits per heavy atom. The lowest BCUT2D eigenvalue weighted by atomic mass is 9.99. The Labute approximate surface area is 116 Å². The van der Waals surface area contributed by atoms with E-state index in [1.165, 1.54) is 5.57 Å². The summed E-state index contributed by atoms with van der Waals surface area (Å²) in [6, 6.07) is 1.69. The van der Waals surface area contributed by atoms with Crippen molar-refractivity contribution in [1.82, 2.24) is 15.3 Å². The lowest BCUT2D eigenvalue weighted by Crippen LogP contribution is -2.43. The number of carbonyl (C=O) groups is 1. The van der Waals surface area contributed by atoms with E-state index in [1.807, 2.05) is 6.92 Å². The molecule has 0 saturated heterocycles. The van der Waals surface area contributed by atoms with Gasteiger partial charge in [0.1, 0.15) is 11.4 Å². The number of anilines is 1.